The first-order chi connectivity index (χ1) is 7.13. The highest BCUT2D eigenvalue weighted by Crippen LogP contribution is 2.33. The topological polar surface area (TPSA) is 17.1 Å². The molecule has 1 aromatic carbocycles. The molecule has 0 bridgehead atoms. The van der Waals surface area contributed by atoms with Crippen LogP contribution in [0.4, 0.5) is 0 Å². The molecule has 2 heteroatoms. The molecule has 1 aliphatic carbocycles. The number of Topliss-reactive ketones (excluding diaryl/α,β-unsaturated/α-hetero) is 1. The Labute approximate surface area is 99.0 Å². The monoisotopic (exact) mass is 266 g/mol. The highest BCUT2D eigenvalue weighted by Gasteiger charge is 2.24. The summed E-state index contributed by atoms with van der Waals surface area (Å²) in [6.45, 7) is 4.17. The van der Waals surface area contributed by atoms with E-state index in [4.69, 9.17) is 0 Å². The second kappa shape index (κ2) is 4.09. The lowest BCUT2D eigenvalue weighted by Crippen LogP contribution is -2.18. The highest BCUT2D eigenvalue weighted by atomic mass is 79.9. The molecule has 0 aromatic heterocycles. The van der Waals surface area contributed by atoms with Crippen LogP contribution in [0, 0.1) is 0 Å². The molecule has 0 radical (unpaired) electrons. The fourth-order valence-corrected chi connectivity index (χ4v) is 2.86. The van der Waals surface area contributed by atoms with Gasteiger partial charge in [0, 0.05) is 16.8 Å². The lowest BCUT2D eigenvalue weighted by molar-refractivity contribution is -0.120. The molecule has 0 spiro atoms. The minimum atomic E-state index is 0.0796. The summed E-state index contributed by atoms with van der Waals surface area (Å²) in [6, 6.07) is 4.39. The minimum Gasteiger partial charge on any atom is -0.299 e. The molecular formula is C13H15BrO. The van der Waals surface area contributed by atoms with Crippen LogP contribution in [-0.2, 0) is 17.6 Å². The van der Waals surface area contributed by atoms with E-state index < -0.39 is 0 Å². The number of carbonyl (C=O) groups is 1. The summed E-state index contributed by atoms with van der Waals surface area (Å²) in [5, 5.41) is 0. The van der Waals surface area contributed by atoms with Gasteiger partial charge in [-0.05, 0) is 35.6 Å². The summed E-state index contributed by atoms with van der Waals surface area (Å²) in [4.78, 5) is 11.6. The minimum absolute atomic E-state index is 0.0796. The Balaban J connectivity index is 2.52. The average Bonchev–Trinajstić information content (AvgIpc) is 2.24. The van der Waals surface area contributed by atoms with Gasteiger partial charge in [0.1, 0.15) is 5.78 Å². The van der Waals surface area contributed by atoms with Gasteiger partial charge in [-0.1, -0.05) is 35.8 Å². The van der Waals surface area contributed by atoms with Crippen LogP contribution in [0.3, 0.4) is 0 Å². The van der Waals surface area contributed by atoms with Crippen LogP contribution in [0.1, 0.15) is 42.9 Å². The predicted molar refractivity (Wildman–Crippen MR) is 65.3 cm³/mol. The number of benzene rings is 1. The zero-order valence-corrected chi connectivity index (χ0v) is 10.7. The number of halogens is 1. The Morgan fingerprint density at radius 1 is 1.40 bits per heavy atom. The van der Waals surface area contributed by atoms with E-state index in [9.17, 15) is 4.79 Å². The average molecular weight is 267 g/mol. The third-order valence-electron chi connectivity index (χ3n) is 3.28. The quantitative estimate of drug-likeness (QED) is 0.759. The van der Waals surface area contributed by atoms with E-state index in [1.54, 1.807) is 0 Å². The Kier molecular flexibility index (Phi) is 2.96. The lowest BCUT2D eigenvalue weighted by Gasteiger charge is -2.22. The fraction of sp³-hybridized carbons (Fsp3) is 0.462. The maximum absolute atomic E-state index is 11.6. The molecule has 0 saturated carbocycles. The normalized spacial score (nSPS) is 20.2. The van der Waals surface area contributed by atoms with Crippen LogP contribution in [0.2, 0.25) is 0 Å². The van der Waals surface area contributed by atoms with E-state index in [2.05, 4.69) is 35.0 Å². The Hall–Kier alpha value is -0.630. The molecule has 0 saturated heterocycles. The smallest absolute Gasteiger partial charge is 0.140 e. The van der Waals surface area contributed by atoms with Crippen molar-refractivity contribution < 1.29 is 4.79 Å². The van der Waals surface area contributed by atoms with Crippen molar-refractivity contribution in [1.29, 1.82) is 0 Å². The second-order valence-corrected chi connectivity index (χ2v) is 5.04. The van der Waals surface area contributed by atoms with Gasteiger partial charge in [0.2, 0.25) is 0 Å². The number of carbonyl (C=O) groups excluding carboxylic acids is 1. The van der Waals surface area contributed by atoms with Crippen LogP contribution in [0.25, 0.3) is 0 Å². The van der Waals surface area contributed by atoms with E-state index >= 15 is 0 Å². The van der Waals surface area contributed by atoms with E-state index in [0.717, 1.165) is 17.3 Å². The van der Waals surface area contributed by atoms with Crippen molar-refractivity contribution in [2.75, 3.05) is 0 Å². The van der Waals surface area contributed by atoms with Gasteiger partial charge in [-0.25, -0.2) is 0 Å². The summed E-state index contributed by atoms with van der Waals surface area (Å²) in [7, 11) is 0. The maximum atomic E-state index is 11.6. The molecule has 1 aromatic rings. The highest BCUT2D eigenvalue weighted by molar-refractivity contribution is 9.10. The van der Waals surface area contributed by atoms with Crippen LogP contribution in [-0.4, -0.2) is 5.78 Å². The van der Waals surface area contributed by atoms with Crippen molar-refractivity contribution in [3.8, 4) is 0 Å². The summed E-state index contributed by atoms with van der Waals surface area (Å²) < 4.78 is 1.14. The second-order valence-electron chi connectivity index (χ2n) is 4.18. The number of hydrogen-bond donors (Lipinski definition) is 0. The van der Waals surface area contributed by atoms with E-state index in [1.807, 2.05) is 6.92 Å². The molecule has 1 nitrogen and oxygen atoms in total. The zero-order chi connectivity index (χ0) is 11.0. The van der Waals surface area contributed by atoms with Crippen LogP contribution < -0.4 is 0 Å². The summed E-state index contributed by atoms with van der Waals surface area (Å²) in [6.07, 6.45) is 2.66. The van der Waals surface area contributed by atoms with Gasteiger partial charge in [0.15, 0.2) is 0 Å². The molecule has 0 aliphatic heterocycles. The Bertz CT molecular complexity index is 409. The van der Waals surface area contributed by atoms with Gasteiger partial charge in [0.05, 0.1) is 0 Å². The number of fused-ring (bicyclic) bond motifs is 1. The van der Waals surface area contributed by atoms with E-state index in [-0.39, 0.29) is 5.92 Å². The van der Waals surface area contributed by atoms with Crippen molar-refractivity contribution in [2.24, 2.45) is 0 Å². The van der Waals surface area contributed by atoms with Crippen molar-refractivity contribution in [3.63, 3.8) is 0 Å². The van der Waals surface area contributed by atoms with Crippen LogP contribution in [0.5, 0.6) is 0 Å². The third-order valence-corrected chi connectivity index (χ3v) is 4.02. The van der Waals surface area contributed by atoms with Gasteiger partial charge < -0.3 is 0 Å². The number of aryl methyl sites for hydroxylation is 2. The van der Waals surface area contributed by atoms with Crippen LogP contribution in [0.15, 0.2) is 16.6 Å². The van der Waals surface area contributed by atoms with Gasteiger partial charge in [-0.3, -0.25) is 4.79 Å². The first kappa shape index (κ1) is 10.9. The Morgan fingerprint density at radius 3 is 2.80 bits per heavy atom. The molecule has 1 atom stereocenters. The molecule has 1 unspecified atom stereocenters. The molecule has 1 aliphatic rings. The molecule has 2 rings (SSSR count). The van der Waals surface area contributed by atoms with Crippen molar-refractivity contribution in [3.05, 3.63) is 33.3 Å². The van der Waals surface area contributed by atoms with Gasteiger partial charge in [0.25, 0.3) is 0 Å². The van der Waals surface area contributed by atoms with Gasteiger partial charge in [-0.15, -0.1) is 0 Å². The van der Waals surface area contributed by atoms with Crippen LogP contribution >= 0.6 is 15.9 Å². The molecule has 80 valence electrons. The zero-order valence-electron chi connectivity index (χ0n) is 9.14. The van der Waals surface area contributed by atoms with Gasteiger partial charge >= 0.3 is 0 Å². The Morgan fingerprint density at radius 2 is 2.13 bits per heavy atom. The predicted octanol–water partition coefficient (Wildman–Crippen LogP) is 3.63. The number of rotatable bonds is 1. The molecule has 0 heterocycles. The van der Waals surface area contributed by atoms with Gasteiger partial charge in [-0.2, -0.15) is 0 Å². The molecule has 0 N–H and O–H groups in total. The molecular weight excluding hydrogens is 252 g/mol. The first-order valence-corrected chi connectivity index (χ1v) is 6.26. The summed E-state index contributed by atoms with van der Waals surface area (Å²) in [5.74, 6) is 0.453. The third kappa shape index (κ3) is 1.87. The van der Waals surface area contributed by atoms with Crippen molar-refractivity contribution in [2.45, 2.75) is 39.0 Å². The first-order valence-electron chi connectivity index (χ1n) is 5.47. The molecule has 15 heavy (non-hydrogen) atoms. The molecule has 0 fully saturated rings. The number of hydrogen-bond acceptors (Lipinski definition) is 1. The van der Waals surface area contributed by atoms with E-state index in [0.29, 0.717) is 12.2 Å². The van der Waals surface area contributed by atoms with Crippen molar-refractivity contribution >= 4 is 21.7 Å². The lowest BCUT2D eigenvalue weighted by atomic mass is 9.82. The number of ketones is 1. The SMILES string of the molecule is CCc1cc2c(cc1Br)C(C)C(=O)CC2. The maximum Gasteiger partial charge on any atom is 0.140 e. The molecule has 0 amide bonds. The summed E-state index contributed by atoms with van der Waals surface area (Å²) in [5.41, 5.74) is 3.92. The van der Waals surface area contributed by atoms with E-state index in [1.165, 1.54) is 16.7 Å². The largest absolute Gasteiger partial charge is 0.299 e. The summed E-state index contributed by atoms with van der Waals surface area (Å²) >= 11 is 3.57. The fourth-order valence-electron chi connectivity index (χ4n) is 2.22. The standard InChI is InChI=1S/C13H15BrO/c1-3-9-6-10-4-5-13(15)8(2)11(10)7-12(9)14/h6-8H,3-5H2,1-2H3. The van der Waals surface area contributed by atoms with Crippen molar-refractivity contribution in [1.82, 2.24) is 0 Å².